The van der Waals surface area contributed by atoms with Crippen molar-refractivity contribution in [2.75, 3.05) is 4.90 Å². The van der Waals surface area contributed by atoms with E-state index in [9.17, 15) is 0 Å². The van der Waals surface area contributed by atoms with Gasteiger partial charge in [-0.25, -0.2) is 4.98 Å². The van der Waals surface area contributed by atoms with E-state index in [2.05, 4.69) is 59.6 Å². The minimum Gasteiger partial charge on any atom is -0.351 e. The summed E-state index contributed by atoms with van der Waals surface area (Å²) in [7, 11) is 0. The van der Waals surface area contributed by atoms with Crippen molar-refractivity contribution in [2.45, 2.75) is 39.8 Å². The predicted octanol–water partition coefficient (Wildman–Crippen LogP) is 3.34. The Balaban J connectivity index is 3.25. The van der Waals surface area contributed by atoms with Crippen LogP contribution in [0.15, 0.2) is 16.7 Å². The van der Waals surface area contributed by atoms with Crippen LogP contribution >= 0.6 is 15.9 Å². The molecule has 0 unspecified atom stereocenters. The molecule has 3 nitrogen and oxygen atoms in total. The molecule has 1 rings (SSSR count). The summed E-state index contributed by atoms with van der Waals surface area (Å²) in [5.74, 6) is 0.760. The van der Waals surface area contributed by atoms with Gasteiger partial charge in [0.05, 0.1) is 5.56 Å². The topological polar surface area (TPSA) is 39.9 Å². The van der Waals surface area contributed by atoms with Crippen LogP contribution in [0, 0.1) is 11.3 Å². The van der Waals surface area contributed by atoms with Gasteiger partial charge in [-0.15, -0.1) is 0 Å². The number of rotatable bonds is 3. The second kappa shape index (κ2) is 5.31. The maximum Gasteiger partial charge on any atom is 0.147 e. The monoisotopic (exact) mass is 281 g/mol. The number of anilines is 1. The second-order valence-electron chi connectivity index (χ2n) is 4.23. The lowest BCUT2D eigenvalue weighted by Crippen LogP contribution is -2.38. The molecule has 0 atom stereocenters. The van der Waals surface area contributed by atoms with E-state index >= 15 is 0 Å². The fraction of sp³-hybridized carbons (Fsp3) is 0.500. The van der Waals surface area contributed by atoms with E-state index in [4.69, 9.17) is 5.26 Å². The fourth-order valence-electron chi connectivity index (χ4n) is 1.81. The molecule has 0 aromatic carbocycles. The Labute approximate surface area is 105 Å². The predicted molar refractivity (Wildman–Crippen MR) is 69.4 cm³/mol. The molecule has 1 aromatic rings. The molecule has 0 amide bonds. The van der Waals surface area contributed by atoms with Crippen molar-refractivity contribution < 1.29 is 0 Å². The number of nitriles is 1. The van der Waals surface area contributed by atoms with E-state index in [1.54, 1.807) is 12.3 Å². The Morgan fingerprint density at radius 3 is 2.31 bits per heavy atom. The minimum absolute atomic E-state index is 0.320. The first-order chi connectivity index (χ1) is 7.47. The number of hydrogen-bond donors (Lipinski definition) is 0. The normalized spacial score (nSPS) is 10.6. The lowest BCUT2D eigenvalue weighted by Gasteiger charge is -2.32. The molecule has 4 heteroatoms. The Morgan fingerprint density at radius 2 is 1.88 bits per heavy atom. The molecule has 86 valence electrons. The van der Waals surface area contributed by atoms with Gasteiger partial charge in [0.2, 0.25) is 0 Å². The van der Waals surface area contributed by atoms with Crippen LogP contribution in [0.25, 0.3) is 0 Å². The first kappa shape index (κ1) is 13.0. The average molecular weight is 282 g/mol. The molecule has 0 saturated heterocycles. The first-order valence-corrected chi connectivity index (χ1v) is 6.10. The lowest BCUT2D eigenvalue weighted by atomic mass is 10.2. The van der Waals surface area contributed by atoms with Gasteiger partial charge in [-0.2, -0.15) is 5.26 Å². The summed E-state index contributed by atoms with van der Waals surface area (Å²) < 4.78 is 0.834. The van der Waals surface area contributed by atoms with E-state index in [1.165, 1.54) is 0 Å². The molecule has 0 aliphatic carbocycles. The van der Waals surface area contributed by atoms with Gasteiger partial charge in [0.25, 0.3) is 0 Å². The van der Waals surface area contributed by atoms with E-state index in [0.717, 1.165) is 10.3 Å². The highest BCUT2D eigenvalue weighted by Gasteiger charge is 2.19. The molecule has 0 aliphatic heterocycles. The Hall–Kier alpha value is -1.08. The molecule has 0 aliphatic rings. The molecular weight excluding hydrogens is 266 g/mol. The molecule has 1 heterocycles. The largest absolute Gasteiger partial charge is 0.351 e. The number of hydrogen-bond acceptors (Lipinski definition) is 3. The zero-order valence-electron chi connectivity index (χ0n) is 10.0. The van der Waals surface area contributed by atoms with Crippen LogP contribution in [-0.2, 0) is 0 Å². The van der Waals surface area contributed by atoms with Gasteiger partial charge in [-0.05, 0) is 49.7 Å². The highest BCUT2D eigenvalue weighted by Crippen LogP contribution is 2.24. The van der Waals surface area contributed by atoms with Crippen molar-refractivity contribution in [2.24, 2.45) is 0 Å². The molecule has 0 fully saturated rings. The number of pyridine rings is 1. The van der Waals surface area contributed by atoms with Crippen LogP contribution < -0.4 is 4.90 Å². The summed E-state index contributed by atoms with van der Waals surface area (Å²) in [6.45, 7) is 8.41. The third-order valence-electron chi connectivity index (χ3n) is 2.31. The third-order valence-corrected chi connectivity index (χ3v) is 2.74. The van der Waals surface area contributed by atoms with E-state index in [0.29, 0.717) is 17.6 Å². The van der Waals surface area contributed by atoms with Crippen molar-refractivity contribution >= 4 is 21.7 Å². The van der Waals surface area contributed by atoms with Crippen LogP contribution in [0.2, 0.25) is 0 Å². The maximum atomic E-state index is 9.12. The van der Waals surface area contributed by atoms with Crippen LogP contribution in [-0.4, -0.2) is 17.1 Å². The van der Waals surface area contributed by atoms with Gasteiger partial charge in [0, 0.05) is 22.8 Å². The smallest absolute Gasteiger partial charge is 0.147 e. The quantitative estimate of drug-likeness (QED) is 0.853. The van der Waals surface area contributed by atoms with E-state index < -0.39 is 0 Å². The first-order valence-electron chi connectivity index (χ1n) is 5.31. The second-order valence-corrected chi connectivity index (χ2v) is 5.15. The Morgan fingerprint density at radius 1 is 1.31 bits per heavy atom. The molecule has 0 saturated carbocycles. The lowest BCUT2D eigenvalue weighted by molar-refractivity contribution is 0.599. The molecule has 0 N–H and O–H groups in total. The van der Waals surface area contributed by atoms with E-state index in [-0.39, 0.29) is 0 Å². The summed E-state index contributed by atoms with van der Waals surface area (Å²) in [4.78, 5) is 6.49. The maximum absolute atomic E-state index is 9.12. The van der Waals surface area contributed by atoms with Gasteiger partial charge in [0.15, 0.2) is 0 Å². The summed E-state index contributed by atoms with van der Waals surface area (Å²) in [5.41, 5.74) is 0.608. The van der Waals surface area contributed by atoms with Crippen molar-refractivity contribution in [3.8, 4) is 6.07 Å². The van der Waals surface area contributed by atoms with Crippen molar-refractivity contribution in [1.29, 1.82) is 5.26 Å². The Kier molecular flexibility index (Phi) is 4.31. The summed E-state index contributed by atoms with van der Waals surface area (Å²) in [5, 5.41) is 9.12. The van der Waals surface area contributed by atoms with Crippen molar-refractivity contribution in [3.05, 3.63) is 22.3 Å². The van der Waals surface area contributed by atoms with Gasteiger partial charge in [-0.3, -0.25) is 0 Å². The Bertz CT molecular complexity index is 399. The molecule has 0 bridgehead atoms. The highest BCUT2D eigenvalue weighted by molar-refractivity contribution is 9.10. The molecule has 0 radical (unpaired) electrons. The molecule has 16 heavy (non-hydrogen) atoms. The SMILES string of the molecule is CC(C)N(c1ncc(Br)cc1C#N)C(C)C. The zero-order chi connectivity index (χ0) is 12.3. The molecular formula is C12H16BrN3. The number of aromatic nitrogens is 1. The summed E-state index contributed by atoms with van der Waals surface area (Å²) in [6, 6.07) is 4.64. The fourth-order valence-corrected chi connectivity index (χ4v) is 2.14. The third kappa shape index (κ3) is 2.73. The van der Waals surface area contributed by atoms with Crippen LogP contribution in [0.3, 0.4) is 0 Å². The van der Waals surface area contributed by atoms with Gasteiger partial charge in [-0.1, -0.05) is 0 Å². The minimum atomic E-state index is 0.320. The molecule has 1 aromatic heterocycles. The van der Waals surface area contributed by atoms with Crippen molar-refractivity contribution in [3.63, 3.8) is 0 Å². The van der Waals surface area contributed by atoms with Crippen LogP contribution in [0.5, 0.6) is 0 Å². The van der Waals surface area contributed by atoms with Crippen molar-refractivity contribution in [1.82, 2.24) is 4.98 Å². The van der Waals surface area contributed by atoms with Crippen LogP contribution in [0.1, 0.15) is 33.3 Å². The van der Waals surface area contributed by atoms with Crippen LogP contribution in [0.4, 0.5) is 5.82 Å². The standard InChI is InChI=1S/C12H16BrN3/c1-8(2)16(9(3)4)12-10(6-14)5-11(13)7-15-12/h5,7-9H,1-4H3. The number of halogens is 1. The van der Waals surface area contributed by atoms with Gasteiger partial charge >= 0.3 is 0 Å². The highest BCUT2D eigenvalue weighted by atomic mass is 79.9. The van der Waals surface area contributed by atoms with E-state index in [1.807, 2.05) is 0 Å². The number of nitrogens with zero attached hydrogens (tertiary/aromatic N) is 3. The zero-order valence-corrected chi connectivity index (χ0v) is 11.6. The molecule has 0 spiro atoms. The summed E-state index contributed by atoms with van der Waals surface area (Å²) >= 11 is 3.33. The summed E-state index contributed by atoms with van der Waals surface area (Å²) in [6.07, 6.45) is 1.73. The van der Waals surface area contributed by atoms with Gasteiger partial charge in [0.1, 0.15) is 11.9 Å². The average Bonchev–Trinajstić information content (AvgIpc) is 2.19. The van der Waals surface area contributed by atoms with Gasteiger partial charge < -0.3 is 4.90 Å².